The van der Waals surface area contributed by atoms with E-state index in [1.165, 1.54) is 47.8 Å². The number of carbonyl (C=O) groups is 1. The van der Waals surface area contributed by atoms with Crippen molar-refractivity contribution >= 4 is 49.3 Å². The molecule has 0 aliphatic carbocycles. The van der Waals surface area contributed by atoms with Gasteiger partial charge in [-0.15, -0.1) is 51.8 Å². The van der Waals surface area contributed by atoms with E-state index in [4.69, 9.17) is 4.98 Å². The van der Waals surface area contributed by atoms with E-state index in [2.05, 4.69) is 71.0 Å². The molecule has 3 nitrogen and oxygen atoms in total. The number of carbonyl (C=O) groups excluding carboxylic acids is 1. The number of rotatable bonds is 12. The third-order valence-corrected chi connectivity index (χ3v) is 14.4. The van der Waals surface area contributed by atoms with Gasteiger partial charge in [-0.1, -0.05) is 119 Å². The third-order valence-electron chi connectivity index (χ3n) is 11.9. The molecule has 0 amide bonds. The first kappa shape index (κ1) is 48.5. The van der Waals surface area contributed by atoms with E-state index >= 15 is 0 Å². The number of fused-ring (bicyclic) bond motifs is 2. The number of hydrogen-bond acceptors (Lipinski definition) is 5. The van der Waals surface area contributed by atoms with E-state index in [9.17, 15) is 23.1 Å². The summed E-state index contributed by atoms with van der Waals surface area (Å²) in [6.45, 7) is 25.6. The van der Waals surface area contributed by atoms with Gasteiger partial charge in [0, 0.05) is 68.2 Å². The summed E-state index contributed by atoms with van der Waals surface area (Å²) >= 11 is 3.16. The molecule has 0 saturated carbocycles. The SMILES string of the molecule is CC(C)c1c(-c2ccc(CC(C)(C)C(F)(F)F)s2)sc2c(-c3[c-]c4ccccc4c(C(C)(C)C)c3)nccc12.CCC(C)(CC)C(=O)/C=C(\O)C(C)(CC)CC.[Ir]. The average Bonchev–Trinajstić information content (AvgIpc) is 3.77. The molecule has 0 saturated heterocycles. The quantitative estimate of drug-likeness (QED) is 0.0770. The fraction of sp³-hybridized carbons (Fsp3) is 0.500. The van der Waals surface area contributed by atoms with Gasteiger partial charge in [-0.2, -0.15) is 13.2 Å². The zero-order chi connectivity index (χ0) is 42.0. The van der Waals surface area contributed by atoms with Gasteiger partial charge >= 0.3 is 6.18 Å². The summed E-state index contributed by atoms with van der Waals surface area (Å²) in [4.78, 5) is 19.9. The molecule has 0 unspecified atom stereocenters. The van der Waals surface area contributed by atoms with Crippen LogP contribution in [-0.2, 0) is 36.7 Å². The molecule has 5 aromatic rings. The van der Waals surface area contributed by atoms with Gasteiger partial charge < -0.3 is 5.11 Å². The minimum absolute atomic E-state index is 0. The van der Waals surface area contributed by atoms with Crippen LogP contribution in [0.2, 0.25) is 0 Å². The molecule has 9 heteroatoms. The van der Waals surface area contributed by atoms with E-state index in [-0.39, 0.29) is 60.2 Å². The number of alkyl halides is 3. The van der Waals surface area contributed by atoms with Crippen LogP contribution in [0.4, 0.5) is 13.2 Å². The molecule has 2 aromatic carbocycles. The number of thiophene rings is 2. The maximum absolute atomic E-state index is 13.6. The van der Waals surface area contributed by atoms with Crippen LogP contribution in [0.15, 0.2) is 66.6 Å². The summed E-state index contributed by atoms with van der Waals surface area (Å²) in [5, 5.41) is 13.5. The number of nitrogens with zero attached hydrogens (tertiary/aromatic N) is 1. The van der Waals surface area contributed by atoms with Gasteiger partial charge in [-0.05, 0) is 72.6 Å². The van der Waals surface area contributed by atoms with Crippen molar-refractivity contribution in [2.75, 3.05) is 0 Å². The average molecular weight is 997 g/mol. The second kappa shape index (κ2) is 18.6. The summed E-state index contributed by atoms with van der Waals surface area (Å²) < 4.78 is 41.8. The van der Waals surface area contributed by atoms with Crippen molar-refractivity contribution in [2.45, 2.75) is 140 Å². The molecule has 0 aliphatic rings. The summed E-state index contributed by atoms with van der Waals surface area (Å²) in [6, 6.07) is 20.1. The van der Waals surface area contributed by atoms with Crippen LogP contribution in [0.25, 0.3) is 41.9 Å². The fourth-order valence-corrected chi connectivity index (χ4v) is 9.60. The normalized spacial score (nSPS) is 13.2. The Balaban J connectivity index is 0.000000411. The van der Waals surface area contributed by atoms with Gasteiger partial charge in [0.15, 0.2) is 5.78 Å². The molecular formula is C48H61F3IrNO2S2-. The smallest absolute Gasteiger partial charge is 0.394 e. The number of hydrogen-bond donors (Lipinski definition) is 1. The molecule has 57 heavy (non-hydrogen) atoms. The molecule has 1 radical (unpaired) electrons. The first-order chi connectivity index (χ1) is 26.0. The van der Waals surface area contributed by atoms with Gasteiger partial charge in [0.2, 0.25) is 0 Å². The Morgan fingerprint density at radius 3 is 1.98 bits per heavy atom. The number of aliphatic hydroxyl groups is 1. The van der Waals surface area contributed by atoms with Crippen molar-refractivity contribution in [3.63, 3.8) is 0 Å². The van der Waals surface area contributed by atoms with Crippen molar-refractivity contribution in [3.05, 3.63) is 88.6 Å². The minimum Gasteiger partial charge on any atom is -0.512 e. The predicted octanol–water partition coefficient (Wildman–Crippen LogP) is 15.8. The number of aliphatic hydroxyl groups excluding tert-OH is 1. The Kier molecular flexibility index (Phi) is 15.8. The molecule has 1 N–H and O–H groups in total. The number of ketones is 1. The number of pyridine rings is 1. The molecule has 0 spiro atoms. The van der Waals surface area contributed by atoms with E-state index in [0.29, 0.717) is 0 Å². The van der Waals surface area contributed by atoms with Crippen LogP contribution in [-0.4, -0.2) is 22.1 Å². The Labute approximate surface area is 361 Å². The summed E-state index contributed by atoms with van der Waals surface area (Å²) in [5.74, 6) is 0.528. The Hall–Kier alpha value is -2.84. The van der Waals surface area contributed by atoms with Gasteiger partial charge in [0.05, 0.1) is 5.41 Å². The van der Waals surface area contributed by atoms with Gasteiger partial charge in [-0.3, -0.25) is 9.78 Å². The number of allylic oxidation sites excluding steroid dienone is 2. The van der Waals surface area contributed by atoms with Gasteiger partial charge in [0.1, 0.15) is 5.76 Å². The molecule has 313 valence electrons. The van der Waals surface area contributed by atoms with Crippen molar-refractivity contribution in [3.8, 4) is 21.0 Å². The van der Waals surface area contributed by atoms with Crippen LogP contribution < -0.4 is 0 Å². The zero-order valence-electron chi connectivity index (χ0n) is 36.0. The largest absolute Gasteiger partial charge is 0.512 e. The van der Waals surface area contributed by atoms with Crippen LogP contribution in [0.3, 0.4) is 0 Å². The summed E-state index contributed by atoms with van der Waals surface area (Å²) in [6.07, 6.45) is 2.34. The van der Waals surface area contributed by atoms with Crippen LogP contribution >= 0.6 is 22.7 Å². The van der Waals surface area contributed by atoms with E-state index in [1.807, 2.05) is 65.9 Å². The van der Waals surface area contributed by atoms with Gasteiger partial charge in [0.25, 0.3) is 0 Å². The molecular weight excluding hydrogens is 936 g/mol. The Morgan fingerprint density at radius 2 is 1.44 bits per heavy atom. The maximum atomic E-state index is 13.6. The standard InChI is InChI=1S/C33H33F3NS2.C15H28O2.Ir/c1-19(2)27-24-14-15-37-28(21-16-20-10-8-9-11-23(20)25(17-21)31(3,4)5)29(24)39-30(27)26-13-12-22(38-26)18-32(6,7)33(34,35)36;1-7-14(5,8-2)12(16)11-13(17)15(6,9-3)10-4;/h8-15,17,19H,18H2,1-7H3;11,16H,7-10H2,1-6H3;/q-1;;/b;12-11-;. The Bertz CT molecular complexity index is 2180. The number of halogens is 3. The molecule has 0 fully saturated rings. The monoisotopic (exact) mass is 997 g/mol. The Morgan fingerprint density at radius 1 is 0.842 bits per heavy atom. The minimum atomic E-state index is -4.25. The molecule has 0 aliphatic heterocycles. The van der Waals surface area contributed by atoms with E-state index in [1.54, 1.807) is 11.3 Å². The summed E-state index contributed by atoms with van der Waals surface area (Å²) in [5.41, 5.74) is 1.90. The fourth-order valence-electron chi connectivity index (χ4n) is 6.78. The molecule has 3 heterocycles. The third kappa shape index (κ3) is 10.5. The topological polar surface area (TPSA) is 50.2 Å². The maximum Gasteiger partial charge on any atom is 0.394 e. The molecule has 3 aromatic heterocycles. The van der Waals surface area contributed by atoms with Crippen molar-refractivity contribution < 1.29 is 43.2 Å². The van der Waals surface area contributed by atoms with Gasteiger partial charge in [-0.25, -0.2) is 0 Å². The molecule has 5 rings (SSSR count). The molecule has 0 bridgehead atoms. The van der Waals surface area contributed by atoms with Crippen LogP contribution in [0.5, 0.6) is 0 Å². The predicted molar refractivity (Wildman–Crippen MR) is 234 cm³/mol. The summed E-state index contributed by atoms with van der Waals surface area (Å²) in [7, 11) is 0. The second-order valence-electron chi connectivity index (χ2n) is 17.7. The van der Waals surface area contributed by atoms with Crippen molar-refractivity contribution in [1.29, 1.82) is 0 Å². The zero-order valence-corrected chi connectivity index (χ0v) is 40.0. The van der Waals surface area contributed by atoms with Crippen molar-refractivity contribution in [1.82, 2.24) is 4.98 Å². The second-order valence-corrected chi connectivity index (χ2v) is 19.9. The van der Waals surface area contributed by atoms with Crippen molar-refractivity contribution in [2.24, 2.45) is 16.2 Å². The first-order valence-corrected chi connectivity index (χ1v) is 21.6. The molecule has 0 atom stereocenters. The first-order valence-electron chi connectivity index (χ1n) is 20.0. The van der Waals surface area contributed by atoms with Crippen LogP contribution in [0, 0.1) is 22.3 Å². The van der Waals surface area contributed by atoms with E-state index < -0.39 is 11.6 Å². The number of aromatic nitrogens is 1. The number of benzene rings is 2. The van der Waals surface area contributed by atoms with Crippen LogP contribution in [0.1, 0.15) is 138 Å². The van der Waals surface area contributed by atoms with E-state index in [0.717, 1.165) is 67.0 Å².